The fraction of sp³-hybridized carbons (Fsp3) is 0.548. The predicted octanol–water partition coefficient (Wildman–Crippen LogP) is 9.06. The minimum Gasteiger partial charge on any atom is -0.452 e. The van der Waals surface area contributed by atoms with Crippen molar-refractivity contribution in [3.8, 4) is 0 Å². The van der Waals surface area contributed by atoms with E-state index in [0.717, 1.165) is 22.3 Å². The number of allylic oxidation sites excluding steroid dienone is 8. The average molecular weight is 739 g/mol. The molecule has 8 atom stereocenters. The van der Waals surface area contributed by atoms with Crippen LogP contribution in [0, 0.1) is 23.7 Å². The van der Waals surface area contributed by atoms with Crippen LogP contribution in [0.1, 0.15) is 105 Å². The number of hydrogen-bond donors (Lipinski definition) is 3. The summed E-state index contributed by atoms with van der Waals surface area (Å²) in [4.78, 5) is 30.6. The normalized spacial score (nSPS) is 33.2. The van der Waals surface area contributed by atoms with Gasteiger partial charge in [-0.2, -0.15) is 0 Å². The number of ether oxygens (including phenoxy) is 3. The van der Waals surface area contributed by atoms with E-state index in [0.29, 0.717) is 29.1 Å². The van der Waals surface area contributed by atoms with Crippen molar-refractivity contribution in [2.24, 2.45) is 23.7 Å². The van der Waals surface area contributed by atoms with Crippen molar-refractivity contribution in [3.63, 3.8) is 0 Å². The molecule has 0 spiro atoms. The monoisotopic (exact) mass is 738 g/mol. The Morgan fingerprint density at radius 2 is 1.73 bits per heavy atom. The van der Waals surface area contributed by atoms with Gasteiger partial charge >= 0.3 is 12.1 Å². The molecule has 288 valence electrons. The number of nitrogens with one attached hydrogen (secondary N) is 1. The molecule has 0 saturated heterocycles. The van der Waals surface area contributed by atoms with Gasteiger partial charge in [-0.25, -0.2) is 14.6 Å². The van der Waals surface area contributed by atoms with Gasteiger partial charge < -0.3 is 29.7 Å². The highest BCUT2D eigenvalue weighted by molar-refractivity contribution is 7.09. The highest BCUT2D eigenvalue weighted by Gasteiger charge is 2.29. The van der Waals surface area contributed by atoms with Gasteiger partial charge in [-0.05, 0) is 59.0 Å². The maximum absolute atomic E-state index is 13.6. The van der Waals surface area contributed by atoms with Crippen LogP contribution in [0.15, 0.2) is 87.9 Å². The zero-order valence-electron chi connectivity index (χ0n) is 33.2. The van der Waals surface area contributed by atoms with Gasteiger partial charge in [0.2, 0.25) is 0 Å². The average Bonchev–Trinajstić information content (AvgIpc) is 3.57. The first kappa shape index (κ1) is 44.6. The third-order valence-electron chi connectivity index (χ3n) is 9.03. The number of aliphatic hydroxyl groups is 2. The second-order valence-electron chi connectivity index (χ2n) is 14.5. The van der Waals surface area contributed by atoms with Gasteiger partial charge in [-0.3, -0.25) is 0 Å². The Kier molecular flexibility index (Phi) is 18.7. The van der Waals surface area contributed by atoms with Crippen LogP contribution in [0.3, 0.4) is 0 Å². The second kappa shape index (κ2) is 21.8. The number of rotatable bonds is 6. The molecule has 0 aromatic carbocycles. The molecule has 0 saturated carbocycles. The molecule has 1 aliphatic heterocycles. The molecule has 0 radical (unpaired) electrons. The lowest BCUT2D eigenvalue weighted by Crippen LogP contribution is -2.30. The largest absolute Gasteiger partial charge is 0.452 e. The number of carbonyl (C=O) groups excluding carboxylic acids is 2. The summed E-state index contributed by atoms with van der Waals surface area (Å²) in [5, 5.41) is 27.0. The Morgan fingerprint density at radius 3 is 2.37 bits per heavy atom. The number of nitrogens with zero attached hydrogens (tertiary/aromatic N) is 1. The lowest BCUT2D eigenvalue weighted by Gasteiger charge is -2.26. The summed E-state index contributed by atoms with van der Waals surface area (Å²) in [5.41, 5.74) is 4.83. The van der Waals surface area contributed by atoms with E-state index >= 15 is 0 Å². The quantitative estimate of drug-likeness (QED) is 0.195. The number of hydrogen-bond acceptors (Lipinski definition) is 9. The van der Waals surface area contributed by atoms with E-state index in [1.165, 1.54) is 18.4 Å². The molecular formula is C42H62N2O7S. The van der Waals surface area contributed by atoms with E-state index in [-0.39, 0.29) is 29.8 Å². The third kappa shape index (κ3) is 14.5. The molecule has 2 heterocycles. The molecule has 10 heteroatoms. The van der Waals surface area contributed by atoms with Gasteiger partial charge in [0.15, 0.2) is 12.2 Å². The summed E-state index contributed by atoms with van der Waals surface area (Å²) < 4.78 is 17.7. The molecule has 0 aliphatic carbocycles. The second-order valence-corrected chi connectivity index (χ2v) is 15.4. The molecule has 2 rings (SSSR count). The summed E-state index contributed by atoms with van der Waals surface area (Å²) in [6, 6.07) is 0. The lowest BCUT2D eigenvalue weighted by molar-refractivity contribution is -0.146. The van der Waals surface area contributed by atoms with Crippen LogP contribution in [0.2, 0.25) is 0 Å². The maximum Gasteiger partial charge on any atom is 0.407 e. The van der Waals surface area contributed by atoms with Crippen LogP contribution in [-0.2, 0) is 19.0 Å². The summed E-state index contributed by atoms with van der Waals surface area (Å²) in [7, 11) is 3.15. The first-order valence-electron chi connectivity index (χ1n) is 18.1. The topological polar surface area (TPSA) is 127 Å². The SMILES string of the molecule is CNC(=O)O[C@@H](CC(C)C)c1nc([C@@H]2OC(=O)/C(C)=C/C/C(C)=C/[C@@H](O)[C@H](C)\C=C(C)/C=C(C)\C=C\[C@@H](O)[C@@H](C)[C@@H](OC)/C(C)=C/C=C/[C@H]2C)cs1. The van der Waals surface area contributed by atoms with Crippen molar-refractivity contribution in [1.29, 1.82) is 0 Å². The first-order valence-corrected chi connectivity index (χ1v) is 19.0. The van der Waals surface area contributed by atoms with E-state index < -0.39 is 36.5 Å². The fourth-order valence-corrected chi connectivity index (χ4v) is 6.80. The Balaban J connectivity index is 2.60. The highest BCUT2D eigenvalue weighted by Crippen LogP contribution is 2.34. The van der Waals surface area contributed by atoms with Crippen molar-refractivity contribution in [1.82, 2.24) is 10.3 Å². The van der Waals surface area contributed by atoms with E-state index in [2.05, 4.69) is 19.2 Å². The Hall–Kier alpha value is -3.57. The molecule has 1 aromatic rings. The van der Waals surface area contributed by atoms with Gasteiger partial charge in [0.05, 0.1) is 24.0 Å². The van der Waals surface area contributed by atoms with Crippen LogP contribution in [0.5, 0.6) is 0 Å². The maximum atomic E-state index is 13.6. The van der Waals surface area contributed by atoms with Crippen molar-refractivity contribution < 1.29 is 34.0 Å². The molecule has 0 unspecified atom stereocenters. The fourth-order valence-electron chi connectivity index (χ4n) is 5.92. The Bertz CT molecular complexity index is 1550. The number of carbonyl (C=O) groups is 2. The number of amides is 1. The number of esters is 1. The molecule has 52 heavy (non-hydrogen) atoms. The van der Waals surface area contributed by atoms with Crippen LogP contribution in [0.25, 0.3) is 0 Å². The molecule has 1 aliphatic rings. The van der Waals surface area contributed by atoms with E-state index in [1.807, 2.05) is 102 Å². The van der Waals surface area contributed by atoms with Crippen LogP contribution < -0.4 is 5.32 Å². The number of aromatic nitrogens is 1. The summed E-state index contributed by atoms with van der Waals surface area (Å²) in [6.07, 6.45) is 14.6. The Morgan fingerprint density at radius 1 is 1.04 bits per heavy atom. The molecule has 0 bridgehead atoms. The van der Waals surface area contributed by atoms with Gasteiger partial charge in [0.25, 0.3) is 0 Å². The number of cyclic esters (lactones) is 1. The predicted molar refractivity (Wildman–Crippen MR) is 211 cm³/mol. The van der Waals surface area contributed by atoms with Crippen molar-refractivity contribution >= 4 is 23.4 Å². The number of methoxy groups -OCH3 is 1. The molecular weight excluding hydrogens is 677 g/mol. The minimum absolute atomic E-state index is 0.147. The molecule has 0 fully saturated rings. The third-order valence-corrected chi connectivity index (χ3v) is 9.99. The van der Waals surface area contributed by atoms with Crippen molar-refractivity contribution in [3.05, 3.63) is 98.6 Å². The summed E-state index contributed by atoms with van der Waals surface area (Å²) in [6.45, 7) is 19.6. The Labute approximate surface area is 315 Å². The van der Waals surface area contributed by atoms with Crippen LogP contribution in [-0.4, -0.2) is 59.7 Å². The highest BCUT2D eigenvalue weighted by atomic mass is 32.1. The summed E-state index contributed by atoms with van der Waals surface area (Å²) in [5.74, 6) is -0.903. The van der Waals surface area contributed by atoms with E-state index in [9.17, 15) is 19.8 Å². The first-order chi connectivity index (χ1) is 24.5. The summed E-state index contributed by atoms with van der Waals surface area (Å²) >= 11 is 1.37. The zero-order chi connectivity index (χ0) is 39.1. The zero-order valence-corrected chi connectivity index (χ0v) is 34.0. The molecule has 1 amide bonds. The van der Waals surface area contributed by atoms with Crippen molar-refractivity contribution in [2.75, 3.05) is 14.2 Å². The van der Waals surface area contributed by atoms with Crippen molar-refractivity contribution in [2.45, 2.75) is 113 Å². The van der Waals surface area contributed by atoms with Gasteiger partial charge in [0, 0.05) is 42.9 Å². The lowest BCUT2D eigenvalue weighted by atomic mass is 9.91. The van der Waals surface area contributed by atoms with Crippen LogP contribution >= 0.6 is 11.3 Å². The van der Waals surface area contributed by atoms with E-state index in [1.54, 1.807) is 20.1 Å². The van der Waals surface area contributed by atoms with E-state index in [4.69, 9.17) is 19.2 Å². The number of thiazole rings is 1. The number of alkyl carbamates (subject to hydrolysis) is 1. The standard InChI is InChI=1S/C42H62N2O7S/c1-25(2)20-37(50-42(48)43-11)40-44-34(24-52-40)39-30(7)15-13-14-29(6)38(49-12)33(10)35(45)19-17-26(3)21-28(5)22-32(9)36(46)23-27(4)16-18-31(8)41(47)51-39/h13-15,17-19,21-25,30,32-33,35-39,45-46H,16,20H2,1-12H3,(H,43,48)/b15-13+,19-17+,26-21-,27-23+,28-22-,29-14+,31-18+/t30-,32-,33-,35-,36-,37+,38+,39-/m1/s1. The molecule has 1 aromatic heterocycles. The van der Waals surface area contributed by atoms with Gasteiger partial charge in [0.1, 0.15) is 5.01 Å². The van der Waals surface area contributed by atoms with Gasteiger partial charge in [-0.1, -0.05) is 106 Å². The molecule has 3 N–H and O–H groups in total. The number of aliphatic hydroxyl groups excluding tert-OH is 2. The van der Waals surface area contributed by atoms with Gasteiger partial charge in [-0.15, -0.1) is 11.3 Å². The smallest absolute Gasteiger partial charge is 0.407 e. The van der Waals surface area contributed by atoms with Crippen LogP contribution in [0.4, 0.5) is 4.79 Å². The minimum atomic E-state index is -0.755. The molecule has 9 nitrogen and oxygen atoms in total.